The van der Waals surface area contributed by atoms with Crippen LogP contribution in [-0.4, -0.2) is 4.98 Å². The quantitative estimate of drug-likeness (QED) is 0.533. The molecule has 0 atom stereocenters. The molecule has 1 aromatic heterocycles. The Morgan fingerprint density at radius 3 is 2.04 bits per heavy atom. The summed E-state index contributed by atoms with van der Waals surface area (Å²) in [6, 6.07) is 26.7. The van der Waals surface area contributed by atoms with Gasteiger partial charge < -0.3 is 11.5 Å². The summed E-state index contributed by atoms with van der Waals surface area (Å²) in [5.41, 5.74) is 15.1. The number of azo groups is 1. The van der Waals surface area contributed by atoms with Gasteiger partial charge in [0.15, 0.2) is 5.82 Å². The fourth-order valence-corrected chi connectivity index (χ4v) is 2.70. The minimum Gasteiger partial charge on any atom is -0.384 e. The molecule has 0 saturated carbocycles. The molecule has 0 spiro atoms. The number of rotatable bonds is 4. The topological polar surface area (TPSA) is 89.6 Å². The first-order valence-electron chi connectivity index (χ1n) is 8.71. The highest BCUT2D eigenvalue weighted by Gasteiger charge is 2.10. The van der Waals surface area contributed by atoms with Crippen molar-refractivity contribution in [3.8, 4) is 0 Å². The number of aromatic nitrogens is 1. The molecule has 6 heteroatoms. The van der Waals surface area contributed by atoms with Crippen molar-refractivity contribution in [1.82, 2.24) is 4.98 Å². The lowest BCUT2D eigenvalue weighted by molar-refractivity contribution is 1.12. The van der Waals surface area contributed by atoms with Crippen LogP contribution in [-0.2, 0) is 6.42 Å². The molecule has 4 N–H and O–H groups in total. The monoisotopic (exact) mass is 389 g/mol. The van der Waals surface area contributed by atoms with Gasteiger partial charge in [-0.15, -0.1) is 5.11 Å². The van der Waals surface area contributed by atoms with E-state index in [1.54, 1.807) is 30.3 Å². The summed E-state index contributed by atoms with van der Waals surface area (Å²) in [6.07, 6.45) is 0.588. The average molecular weight is 390 g/mol. The summed E-state index contributed by atoms with van der Waals surface area (Å²) in [5.74, 6) is 0.594. The Morgan fingerprint density at radius 1 is 0.786 bits per heavy atom. The van der Waals surface area contributed by atoms with Gasteiger partial charge in [-0.05, 0) is 47.9 Å². The first-order chi connectivity index (χ1) is 13.6. The summed E-state index contributed by atoms with van der Waals surface area (Å²) >= 11 is 5.91. The van der Waals surface area contributed by atoms with Crippen molar-refractivity contribution in [3.63, 3.8) is 0 Å². The van der Waals surface area contributed by atoms with Crippen molar-refractivity contribution >= 4 is 34.6 Å². The van der Waals surface area contributed by atoms with Gasteiger partial charge in [-0.3, -0.25) is 0 Å². The molecule has 0 unspecified atom stereocenters. The third-order valence-corrected chi connectivity index (χ3v) is 4.14. The van der Waals surface area contributed by atoms with E-state index in [4.69, 9.17) is 23.1 Å². The van der Waals surface area contributed by atoms with Crippen molar-refractivity contribution in [2.24, 2.45) is 10.2 Å². The van der Waals surface area contributed by atoms with Crippen LogP contribution in [0, 0.1) is 0 Å². The lowest BCUT2D eigenvalue weighted by Crippen LogP contribution is -2.00. The molecular formula is C22H20ClN5. The second-order valence-corrected chi connectivity index (χ2v) is 6.49. The molecule has 140 valence electrons. The second-order valence-electron chi connectivity index (χ2n) is 6.05. The van der Waals surface area contributed by atoms with Crippen LogP contribution in [0.1, 0.15) is 11.1 Å². The number of benzene rings is 1. The second kappa shape index (κ2) is 9.48. The molecule has 0 radical (unpaired) electrons. The van der Waals surface area contributed by atoms with E-state index in [0.717, 1.165) is 11.1 Å². The van der Waals surface area contributed by atoms with Gasteiger partial charge in [-0.25, -0.2) is 4.98 Å². The Hall–Kier alpha value is -3.44. The van der Waals surface area contributed by atoms with Crippen molar-refractivity contribution in [2.45, 2.75) is 6.42 Å². The lowest BCUT2D eigenvalue weighted by Gasteiger charge is -2.08. The Labute approximate surface area is 169 Å². The standard InChI is InChI=1S/C22H20ClN5/c23-18-10-12-19(13-11-18)27-28-21-17(15-20(24)26-22(21)25)14-16-8-6-4-2-1-3-5-7-9-16/h1-13,15H,14H2,(H4,24,25,26). The highest BCUT2D eigenvalue weighted by Crippen LogP contribution is 2.31. The van der Waals surface area contributed by atoms with E-state index in [2.05, 4.69) is 15.2 Å². The zero-order chi connectivity index (χ0) is 19.8. The SMILES string of the molecule is Nc1cc(Cc2ccccccccc2)c(N=Nc2ccc(Cl)cc2)c(N)n1. The Balaban J connectivity index is 1.98. The van der Waals surface area contributed by atoms with Gasteiger partial charge >= 0.3 is 0 Å². The fourth-order valence-electron chi connectivity index (χ4n) is 2.57. The molecule has 5 nitrogen and oxygen atoms in total. The van der Waals surface area contributed by atoms with Crippen molar-refractivity contribution < 1.29 is 0 Å². The third kappa shape index (κ3) is 5.53. The van der Waals surface area contributed by atoms with E-state index in [9.17, 15) is 0 Å². The predicted octanol–water partition coefficient (Wildman–Crippen LogP) is 6.03. The van der Waals surface area contributed by atoms with Gasteiger partial charge in [0.2, 0.25) is 0 Å². The number of halogens is 1. The highest BCUT2D eigenvalue weighted by molar-refractivity contribution is 6.30. The number of nitrogen functional groups attached to an aromatic ring is 2. The number of pyridine rings is 1. The van der Waals surface area contributed by atoms with Crippen LogP contribution >= 0.6 is 11.6 Å². The molecule has 0 aliphatic heterocycles. The molecule has 0 bridgehead atoms. The third-order valence-electron chi connectivity index (χ3n) is 3.89. The van der Waals surface area contributed by atoms with Gasteiger partial charge in [0, 0.05) is 5.02 Å². The Bertz CT molecular complexity index is 1010. The molecular weight excluding hydrogens is 370 g/mol. The van der Waals surface area contributed by atoms with E-state index < -0.39 is 0 Å². The molecule has 2 aromatic carbocycles. The Morgan fingerprint density at radius 2 is 1.39 bits per heavy atom. The van der Waals surface area contributed by atoms with Crippen LogP contribution in [0.2, 0.25) is 5.02 Å². The van der Waals surface area contributed by atoms with Crippen LogP contribution in [0.15, 0.2) is 95.2 Å². The smallest absolute Gasteiger partial charge is 0.154 e. The average Bonchev–Trinajstić information content (AvgIpc) is 2.67. The van der Waals surface area contributed by atoms with Crippen LogP contribution in [0.3, 0.4) is 0 Å². The van der Waals surface area contributed by atoms with E-state index in [1.165, 1.54) is 0 Å². The van der Waals surface area contributed by atoms with E-state index >= 15 is 0 Å². The highest BCUT2D eigenvalue weighted by atomic mass is 35.5. The summed E-state index contributed by atoms with van der Waals surface area (Å²) in [5, 5.41) is 9.23. The molecule has 0 aliphatic rings. The minimum absolute atomic E-state index is 0.246. The number of hydrogen-bond donors (Lipinski definition) is 2. The molecule has 3 rings (SSSR count). The molecule has 1 heterocycles. The van der Waals surface area contributed by atoms with Crippen LogP contribution in [0.4, 0.5) is 23.0 Å². The van der Waals surface area contributed by atoms with Crippen molar-refractivity contribution in [2.75, 3.05) is 11.5 Å². The maximum Gasteiger partial charge on any atom is 0.154 e. The molecule has 0 fully saturated rings. The van der Waals surface area contributed by atoms with Gasteiger partial charge in [-0.1, -0.05) is 66.2 Å². The van der Waals surface area contributed by atoms with E-state index in [1.807, 2.05) is 54.6 Å². The van der Waals surface area contributed by atoms with Crippen molar-refractivity contribution in [3.05, 3.63) is 101 Å². The molecule has 3 aromatic rings. The van der Waals surface area contributed by atoms with Crippen LogP contribution in [0.25, 0.3) is 0 Å². The minimum atomic E-state index is 0.246. The van der Waals surface area contributed by atoms with E-state index in [0.29, 0.717) is 28.6 Å². The molecule has 0 saturated heterocycles. The number of anilines is 2. The first-order valence-corrected chi connectivity index (χ1v) is 9.09. The number of nitrogens with two attached hydrogens (primary N) is 2. The zero-order valence-corrected chi connectivity index (χ0v) is 15.9. The van der Waals surface area contributed by atoms with Crippen LogP contribution in [0.5, 0.6) is 0 Å². The summed E-state index contributed by atoms with van der Waals surface area (Å²) in [4.78, 5) is 4.12. The van der Waals surface area contributed by atoms with Crippen molar-refractivity contribution in [1.29, 1.82) is 0 Å². The molecule has 28 heavy (non-hydrogen) atoms. The number of nitrogens with zero attached hydrogens (tertiary/aromatic N) is 3. The predicted molar refractivity (Wildman–Crippen MR) is 116 cm³/mol. The largest absolute Gasteiger partial charge is 0.384 e. The lowest BCUT2D eigenvalue weighted by atomic mass is 10.0. The van der Waals surface area contributed by atoms with Gasteiger partial charge in [-0.2, -0.15) is 5.11 Å². The normalized spacial score (nSPS) is 10.6. The molecule has 0 aliphatic carbocycles. The summed E-state index contributed by atoms with van der Waals surface area (Å²) in [6.45, 7) is 0. The Kier molecular flexibility index (Phi) is 6.54. The molecule has 0 amide bonds. The summed E-state index contributed by atoms with van der Waals surface area (Å²) in [7, 11) is 0. The fraction of sp³-hybridized carbons (Fsp3) is 0.0455. The van der Waals surface area contributed by atoms with Gasteiger partial charge in [0.05, 0.1) is 5.69 Å². The zero-order valence-electron chi connectivity index (χ0n) is 15.2. The van der Waals surface area contributed by atoms with Gasteiger partial charge in [0.1, 0.15) is 11.5 Å². The van der Waals surface area contributed by atoms with Crippen LogP contribution < -0.4 is 11.5 Å². The van der Waals surface area contributed by atoms with E-state index in [-0.39, 0.29) is 5.82 Å². The van der Waals surface area contributed by atoms with Gasteiger partial charge in [0.25, 0.3) is 0 Å². The first kappa shape index (κ1) is 19.3. The summed E-state index contributed by atoms with van der Waals surface area (Å²) < 4.78 is 0. The maximum atomic E-state index is 6.08. The maximum absolute atomic E-state index is 6.08. The number of hydrogen-bond acceptors (Lipinski definition) is 5.